The third-order valence-electron chi connectivity index (χ3n) is 6.59. The van der Waals surface area contributed by atoms with Gasteiger partial charge in [0.15, 0.2) is 11.5 Å². The van der Waals surface area contributed by atoms with Crippen LogP contribution in [0, 0.1) is 0 Å². The maximum Gasteiger partial charge on any atom is 0.166 e. The Labute approximate surface area is 218 Å². The summed E-state index contributed by atoms with van der Waals surface area (Å²) in [4.78, 5) is 4.47. The highest BCUT2D eigenvalue weighted by Gasteiger charge is 2.21. The maximum absolute atomic E-state index is 6.44. The number of hydrogen-bond acceptors (Lipinski definition) is 5. The molecule has 0 radical (unpaired) electrons. The molecule has 4 aromatic rings. The number of anilines is 2. The number of aryl methyl sites for hydroxylation is 1. The minimum absolute atomic E-state index is 0.331. The predicted octanol–water partition coefficient (Wildman–Crippen LogP) is 7.40. The van der Waals surface area contributed by atoms with Crippen LogP contribution < -0.4 is 11.1 Å². The van der Waals surface area contributed by atoms with Crippen molar-refractivity contribution >= 4 is 34.5 Å². The molecule has 1 atom stereocenters. The zero-order chi connectivity index (χ0) is 25.7. The first kappa shape index (κ1) is 25.8. The Bertz CT molecular complexity index is 1340. The summed E-state index contributed by atoms with van der Waals surface area (Å²) in [5.41, 5.74) is 12.2. The smallest absolute Gasteiger partial charge is 0.166 e. The third kappa shape index (κ3) is 5.41. The van der Waals surface area contributed by atoms with Crippen LogP contribution in [-0.2, 0) is 6.42 Å². The zero-order valence-electron chi connectivity index (χ0n) is 21.5. The summed E-state index contributed by atoms with van der Waals surface area (Å²) in [5.74, 6) is 0.376. The van der Waals surface area contributed by atoms with Gasteiger partial charge in [-0.25, -0.2) is 9.50 Å². The number of hydrogen-bond donors (Lipinski definition) is 2. The van der Waals surface area contributed by atoms with Gasteiger partial charge in [0.2, 0.25) is 0 Å². The fraction of sp³-hybridized carbons (Fsp3) is 0.393. The van der Waals surface area contributed by atoms with Gasteiger partial charge in [0.1, 0.15) is 5.69 Å². The standard InChI is InChI=1S/C28H36ClN7/c1-5-8-9-12-22(11-6-2)36-18-24(26(33-36)23-17-21(29)14-13-20(23)7-3)32-19(4)25-27(30)34-35-16-10-15-31-28(25)35/h10,13-18,22,32H,4-9,11-12H2,1-3H3,(H2,30,34). The number of nitrogens with zero attached hydrogens (tertiary/aromatic N) is 5. The summed E-state index contributed by atoms with van der Waals surface area (Å²) >= 11 is 6.44. The molecule has 7 nitrogen and oxygen atoms in total. The molecular weight excluding hydrogens is 470 g/mol. The summed E-state index contributed by atoms with van der Waals surface area (Å²) in [6, 6.07) is 8.16. The van der Waals surface area contributed by atoms with Gasteiger partial charge in [-0.3, -0.25) is 4.68 Å². The maximum atomic E-state index is 6.44. The fourth-order valence-corrected chi connectivity index (χ4v) is 4.91. The molecule has 0 saturated carbocycles. The van der Waals surface area contributed by atoms with Gasteiger partial charge in [-0.1, -0.05) is 70.7 Å². The fourth-order valence-electron chi connectivity index (χ4n) is 4.74. The Morgan fingerprint density at radius 3 is 2.72 bits per heavy atom. The van der Waals surface area contributed by atoms with E-state index in [0.29, 0.717) is 33.8 Å². The lowest BCUT2D eigenvalue weighted by Crippen LogP contribution is -2.10. The van der Waals surface area contributed by atoms with E-state index < -0.39 is 0 Å². The van der Waals surface area contributed by atoms with Crippen LogP contribution in [0.5, 0.6) is 0 Å². The molecule has 0 bridgehead atoms. The summed E-state index contributed by atoms with van der Waals surface area (Å²) in [5, 5.41) is 13.7. The van der Waals surface area contributed by atoms with E-state index in [1.54, 1.807) is 10.7 Å². The van der Waals surface area contributed by atoms with E-state index in [2.05, 4.69) is 59.7 Å². The molecule has 4 rings (SSSR count). The second kappa shape index (κ2) is 11.6. The lowest BCUT2D eigenvalue weighted by atomic mass is 10.0. The van der Waals surface area contributed by atoms with E-state index >= 15 is 0 Å². The number of unbranched alkanes of at least 4 members (excludes halogenated alkanes) is 2. The Morgan fingerprint density at radius 1 is 1.14 bits per heavy atom. The zero-order valence-corrected chi connectivity index (χ0v) is 22.2. The van der Waals surface area contributed by atoms with Crippen LogP contribution in [0.1, 0.15) is 76.5 Å². The Hall–Kier alpha value is -3.32. The second-order valence-corrected chi connectivity index (χ2v) is 9.65. The van der Waals surface area contributed by atoms with Crippen molar-refractivity contribution in [3.63, 3.8) is 0 Å². The molecule has 0 aliphatic heterocycles. The molecule has 3 N–H and O–H groups in total. The summed E-state index contributed by atoms with van der Waals surface area (Å²) in [6.45, 7) is 10.9. The normalized spacial score (nSPS) is 12.2. The van der Waals surface area contributed by atoms with Crippen molar-refractivity contribution in [2.45, 2.75) is 71.8 Å². The predicted molar refractivity (Wildman–Crippen MR) is 150 cm³/mol. The molecule has 1 aromatic carbocycles. The van der Waals surface area contributed by atoms with Gasteiger partial charge in [-0.05, 0) is 43.0 Å². The van der Waals surface area contributed by atoms with Gasteiger partial charge >= 0.3 is 0 Å². The van der Waals surface area contributed by atoms with Crippen molar-refractivity contribution < 1.29 is 0 Å². The molecule has 0 aliphatic carbocycles. The molecule has 3 heterocycles. The third-order valence-corrected chi connectivity index (χ3v) is 6.82. The van der Waals surface area contributed by atoms with Crippen molar-refractivity contribution in [3.8, 4) is 11.3 Å². The summed E-state index contributed by atoms with van der Waals surface area (Å²) in [7, 11) is 0. The SMILES string of the molecule is C=C(Nc1cn(C(CCC)CCCCC)nc1-c1cc(Cl)ccc1CC)c1c(N)nn2cccnc12. The number of fused-ring (bicyclic) bond motifs is 1. The molecule has 190 valence electrons. The average molecular weight is 506 g/mol. The van der Waals surface area contributed by atoms with Crippen LogP contribution in [0.3, 0.4) is 0 Å². The molecule has 36 heavy (non-hydrogen) atoms. The molecular formula is C28H36ClN7. The minimum atomic E-state index is 0.331. The van der Waals surface area contributed by atoms with Crippen molar-refractivity contribution in [2.75, 3.05) is 11.1 Å². The number of nitrogens with two attached hydrogens (primary N) is 1. The van der Waals surface area contributed by atoms with Crippen LogP contribution >= 0.6 is 11.6 Å². The van der Waals surface area contributed by atoms with E-state index in [-0.39, 0.29) is 0 Å². The van der Waals surface area contributed by atoms with Crippen molar-refractivity contribution in [1.29, 1.82) is 0 Å². The molecule has 0 aliphatic rings. The first-order valence-electron chi connectivity index (χ1n) is 12.9. The van der Waals surface area contributed by atoms with E-state index in [1.165, 1.54) is 24.8 Å². The van der Waals surface area contributed by atoms with Crippen molar-refractivity contribution in [2.24, 2.45) is 0 Å². The largest absolute Gasteiger partial charge is 0.382 e. The van der Waals surface area contributed by atoms with Crippen molar-refractivity contribution in [1.82, 2.24) is 24.4 Å². The highest BCUT2D eigenvalue weighted by atomic mass is 35.5. The number of aromatic nitrogens is 5. The van der Waals surface area contributed by atoms with Crippen LogP contribution in [0.2, 0.25) is 5.02 Å². The van der Waals surface area contributed by atoms with Crippen LogP contribution in [0.4, 0.5) is 11.5 Å². The molecule has 8 heteroatoms. The van der Waals surface area contributed by atoms with Gasteiger partial charge in [-0.15, -0.1) is 5.10 Å². The van der Waals surface area contributed by atoms with Gasteiger partial charge < -0.3 is 11.1 Å². The van der Waals surface area contributed by atoms with Gasteiger partial charge in [0.05, 0.1) is 17.3 Å². The minimum Gasteiger partial charge on any atom is -0.382 e. The highest BCUT2D eigenvalue weighted by molar-refractivity contribution is 6.30. The summed E-state index contributed by atoms with van der Waals surface area (Å²) < 4.78 is 3.79. The van der Waals surface area contributed by atoms with E-state index in [9.17, 15) is 0 Å². The Kier molecular flexibility index (Phi) is 8.31. The topological polar surface area (TPSA) is 86.1 Å². The number of rotatable bonds is 12. The van der Waals surface area contributed by atoms with Gasteiger partial charge in [0, 0.05) is 34.9 Å². The number of nitrogens with one attached hydrogen (secondary N) is 1. The monoisotopic (exact) mass is 505 g/mol. The Balaban J connectivity index is 1.78. The van der Waals surface area contributed by atoms with Gasteiger partial charge in [-0.2, -0.15) is 5.10 Å². The second-order valence-electron chi connectivity index (χ2n) is 9.22. The van der Waals surface area contributed by atoms with Crippen molar-refractivity contribution in [3.05, 3.63) is 65.6 Å². The molecule has 0 amide bonds. The number of halogens is 1. The first-order valence-corrected chi connectivity index (χ1v) is 13.3. The van der Waals surface area contributed by atoms with Crippen LogP contribution in [-0.4, -0.2) is 24.4 Å². The average Bonchev–Trinajstić information content (AvgIpc) is 3.43. The highest BCUT2D eigenvalue weighted by Crippen LogP contribution is 2.36. The van der Waals surface area contributed by atoms with Crippen LogP contribution in [0.15, 0.2) is 49.4 Å². The number of nitrogen functional groups attached to an aromatic ring is 1. The van der Waals surface area contributed by atoms with Gasteiger partial charge in [0.25, 0.3) is 0 Å². The van der Waals surface area contributed by atoms with E-state index in [4.69, 9.17) is 22.4 Å². The van der Waals surface area contributed by atoms with E-state index in [0.717, 1.165) is 42.6 Å². The first-order chi connectivity index (χ1) is 17.5. The van der Waals surface area contributed by atoms with Crippen LogP contribution in [0.25, 0.3) is 22.6 Å². The quantitative estimate of drug-likeness (QED) is 0.196. The summed E-state index contributed by atoms with van der Waals surface area (Å²) in [6.07, 6.45) is 13.4. The lowest BCUT2D eigenvalue weighted by Gasteiger charge is -2.16. The Morgan fingerprint density at radius 2 is 1.97 bits per heavy atom. The molecule has 3 aromatic heterocycles. The number of benzene rings is 1. The molecule has 0 fully saturated rings. The molecule has 1 unspecified atom stereocenters. The lowest BCUT2D eigenvalue weighted by molar-refractivity contribution is 0.381. The molecule has 0 spiro atoms. The van der Waals surface area contributed by atoms with E-state index in [1.807, 2.05) is 24.4 Å². The molecule has 0 saturated heterocycles.